The van der Waals surface area contributed by atoms with Gasteiger partial charge in [-0.1, -0.05) is 35.4 Å². The highest BCUT2D eigenvalue weighted by molar-refractivity contribution is 6.32. The summed E-state index contributed by atoms with van der Waals surface area (Å²) in [6.07, 6.45) is 8.37. The van der Waals surface area contributed by atoms with Gasteiger partial charge in [0.2, 0.25) is 0 Å². The Hall–Kier alpha value is -2.70. The highest BCUT2D eigenvalue weighted by Crippen LogP contribution is 2.32. The largest absolute Gasteiger partial charge is 0.378 e. The third kappa shape index (κ3) is 3.85. The minimum Gasteiger partial charge on any atom is -0.378 e. The van der Waals surface area contributed by atoms with Crippen molar-refractivity contribution in [1.29, 1.82) is 0 Å². The molecule has 0 saturated carbocycles. The summed E-state index contributed by atoms with van der Waals surface area (Å²) in [5.41, 5.74) is 4.70. The van der Waals surface area contributed by atoms with Gasteiger partial charge in [0.05, 0.1) is 24.5 Å². The zero-order valence-electron chi connectivity index (χ0n) is 17.2. The Labute approximate surface area is 180 Å². The van der Waals surface area contributed by atoms with Crippen molar-refractivity contribution >= 4 is 23.6 Å². The zero-order chi connectivity index (χ0) is 21.3. The van der Waals surface area contributed by atoms with Gasteiger partial charge in [0.25, 0.3) is 11.5 Å². The first kappa shape index (κ1) is 20.6. The van der Waals surface area contributed by atoms with E-state index in [0.29, 0.717) is 50.5 Å². The number of allylic oxidation sites excluding steroid dienone is 3. The fraction of sp³-hybridized carbons (Fsp3) is 0.348. The summed E-state index contributed by atoms with van der Waals surface area (Å²) in [6, 6.07) is 3.53. The van der Waals surface area contributed by atoms with E-state index in [1.165, 1.54) is 0 Å². The molecule has 1 fully saturated rings. The van der Waals surface area contributed by atoms with Gasteiger partial charge >= 0.3 is 0 Å². The second kappa shape index (κ2) is 8.58. The molecule has 1 saturated heterocycles. The highest BCUT2D eigenvalue weighted by Gasteiger charge is 2.24. The number of hydrogen-bond acceptors (Lipinski definition) is 4. The van der Waals surface area contributed by atoms with Gasteiger partial charge in [-0.05, 0) is 38.0 Å². The second-order valence-electron chi connectivity index (χ2n) is 7.57. The summed E-state index contributed by atoms with van der Waals surface area (Å²) in [4.78, 5) is 31.9. The van der Waals surface area contributed by atoms with Crippen LogP contribution >= 0.6 is 11.6 Å². The molecule has 1 amide bonds. The third-order valence-electron chi connectivity index (χ3n) is 5.46. The van der Waals surface area contributed by atoms with Crippen molar-refractivity contribution in [1.82, 2.24) is 14.5 Å². The van der Waals surface area contributed by atoms with Crippen LogP contribution < -0.4 is 5.56 Å². The van der Waals surface area contributed by atoms with E-state index in [-0.39, 0.29) is 16.6 Å². The summed E-state index contributed by atoms with van der Waals surface area (Å²) in [6.45, 7) is 6.59. The minimum absolute atomic E-state index is 0.0187. The van der Waals surface area contributed by atoms with E-state index in [4.69, 9.17) is 16.3 Å². The molecule has 0 spiro atoms. The number of hydrogen-bond donors (Lipinski definition) is 0. The highest BCUT2D eigenvalue weighted by atomic mass is 35.5. The van der Waals surface area contributed by atoms with Crippen molar-refractivity contribution in [2.45, 2.75) is 26.8 Å². The molecule has 3 heterocycles. The molecule has 4 rings (SSSR count). The summed E-state index contributed by atoms with van der Waals surface area (Å²) in [7, 11) is 0. The Bertz CT molecular complexity index is 1110. The number of fused-ring (bicyclic) bond motifs is 1. The number of carbonyl (C=O) groups excluding carboxylic acids is 1. The molecule has 0 unspecified atom stereocenters. The predicted molar refractivity (Wildman–Crippen MR) is 118 cm³/mol. The first-order valence-electron chi connectivity index (χ1n) is 10.1. The molecule has 7 heteroatoms. The number of aromatic nitrogens is 2. The van der Waals surface area contributed by atoms with Crippen molar-refractivity contribution in [2.75, 3.05) is 26.3 Å². The summed E-state index contributed by atoms with van der Waals surface area (Å²) >= 11 is 6.44. The number of ether oxygens (including phenoxy) is 1. The lowest BCUT2D eigenvalue weighted by Gasteiger charge is -2.27. The molecule has 2 aliphatic rings. The Morgan fingerprint density at radius 3 is 2.77 bits per heavy atom. The maximum Gasteiger partial charge on any atom is 0.257 e. The van der Waals surface area contributed by atoms with Crippen LogP contribution in [0.4, 0.5) is 0 Å². The number of halogens is 1. The monoisotopic (exact) mass is 425 g/mol. The van der Waals surface area contributed by atoms with E-state index in [1.807, 2.05) is 38.3 Å². The standard InChI is InChI=1S/C23H24ClN3O3/c1-3-4-7-27-14-19(17-12-15(2)13-18(17)23(27)29)20-6-5-16(21(24)25-20)22(28)26-8-10-30-11-9-26/h3-6,12,14H,7-11,13H2,1-2H3/b4-3+. The molecule has 30 heavy (non-hydrogen) atoms. The Balaban J connectivity index is 1.75. The maximum atomic E-state index is 12.9. The molecule has 2 aromatic rings. The fourth-order valence-corrected chi connectivity index (χ4v) is 4.12. The fourth-order valence-electron chi connectivity index (χ4n) is 3.89. The first-order valence-corrected chi connectivity index (χ1v) is 10.5. The van der Waals surface area contributed by atoms with Crippen molar-refractivity contribution in [3.8, 4) is 11.3 Å². The van der Waals surface area contributed by atoms with Crippen LogP contribution in [0.25, 0.3) is 17.3 Å². The predicted octanol–water partition coefficient (Wildman–Crippen LogP) is 3.57. The zero-order valence-corrected chi connectivity index (χ0v) is 17.9. The van der Waals surface area contributed by atoms with E-state index in [9.17, 15) is 9.59 Å². The van der Waals surface area contributed by atoms with Gasteiger partial charge < -0.3 is 14.2 Å². The number of nitrogens with zero attached hydrogens (tertiary/aromatic N) is 3. The molecule has 6 nitrogen and oxygen atoms in total. The van der Waals surface area contributed by atoms with Gasteiger partial charge in [-0.25, -0.2) is 4.98 Å². The van der Waals surface area contributed by atoms with Crippen LogP contribution in [0.15, 0.2) is 40.8 Å². The Morgan fingerprint density at radius 2 is 2.07 bits per heavy atom. The Morgan fingerprint density at radius 1 is 1.30 bits per heavy atom. The second-order valence-corrected chi connectivity index (χ2v) is 7.93. The van der Waals surface area contributed by atoms with Crippen LogP contribution in [0, 0.1) is 0 Å². The molecule has 156 valence electrons. The van der Waals surface area contributed by atoms with E-state index in [2.05, 4.69) is 4.98 Å². The summed E-state index contributed by atoms with van der Waals surface area (Å²) < 4.78 is 7.01. The maximum absolute atomic E-state index is 12.9. The van der Waals surface area contributed by atoms with Crippen LogP contribution in [0.1, 0.15) is 35.3 Å². The molecule has 2 aromatic heterocycles. The molecule has 0 N–H and O–H groups in total. The smallest absolute Gasteiger partial charge is 0.257 e. The van der Waals surface area contributed by atoms with Gasteiger partial charge in [0.15, 0.2) is 0 Å². The molecule has 0 aromatic carbocycles. The average molecular weight is 426 g/mol. The van der Waals surface area contributed by atoms with Crippen LogP contribution in [0.2, 0.25) is 5.15 Å². The van der Waals surface area contributed by atoms with Gasteiger partial charge in [-0.15, -0.1) is 0 Å². The molecule has 1 aliphatic heterocycles. The lowest BCUT2D eigenvalue weighted by atomic mass is 10.0. The minimum atomic E-state index is -0.138. The molecule has 0 atom stereocenters. The molecular weight excluding hydrogens is 402 g/mol. The molecule has 0 radical (unpaired) electrons. The van der Waals surface area contributed by atoms with Crippen molar-refractivity contribution in [3.63, 3.8) is 0 Å². The SMILES string of the molecule is C/C=C/Cn1cc(-c2ccc(C(=O)N3CCOCC3)c(Cl)n2)c2c(c1=O)CC(C)=C2. The van der Waals surface area contributed by atoms with Crippen molar-refractivity contribution in [3.05, 3.63) is 68.3 Å². The van der Waals surface area contributed by atoms with Gasteiger partial charge in [0, 0.05) is 37.0 Å². The van der Waals surface area contributed by atoms with Gasteiger partial charge in [0.1, 0.15) is 5.15 Å². The molecular formula is C23H24ClN3O3. The number of amides is 1. The summed E-state index contributed by atoms with van der Waals surface area (Å²) in [5.74, 6) is -0.138. The normalized spacial score (nSPS) is 16.1. The van der Waals surface area contributed by atoms with Crippen LogP contribution in [-0.2, 0) is 17.7 Å². The summed E-state index contributed by atoms with van der Waals surface area (Å²) in [5, 5.41) is 0.169. The van der Waals surface area contributed by atoms with Gasteiger partial charge in [-0.3, -0.25) is 9.59 Å². The molecule has 0 bridgehead atoms. The van der Waals surface area contributed by atoms with Crippen molar-refractivity contribution < 1.29 is 9.53 Å². The third-order valence-corrected chi connectivity index (χ3v) is 5.74. The average Bonchev–Trinajstić information content (AvgIpc) is 3.15. The van der Waals surface area contributed by atoms with Crippen LogP contribution in [-0.4, -0.2) is 46.7 Å². The van der Waals surface area contributed by atoms with Crippen LogP contribution in [0.5, 0.6) is 0 Å². The lowest BCUT2D eigenvalue weighted by Crippen LogP contribution is -2.40. The van der Waals surface area contributed by atoms with E-state index < -0.39 is 0 Å². The van der Waals surface area contributed by atoms with E-state index >= 15 is 0 Å². The topological polar surface area (TPSA) is 64.4 Å². The number of pyridine rings is 2. The first-order chi connectivity index (χ1) is 14.5. The Kier molecular flexibility index (Phi) is 5.88. The van der Waals surface area contributed by atoms with E-state index in [1.54, 1.807) is 21.6 Å². The number of rotatable bonds is 4. The lowest BCUT2D eigenvalue weighted by molar-refractivity contribution is 0.0302. The number of morpholine rings is 1. The van der Waals surface area contributed by atoms with E-state index in [0.717, 1.165) is 22.3 Å². The van der Waals surface area contributed by atoms with Crippen molar-refractivity contribution in [2.24, 2.45) is 0 Å². The number of carbonyl (C=O) groups is 1. The van der Waals surface area contributed by atoms with Gasteiger partial charge in [-0.2, -0.15) is 0 Å². The molecule has 1 aliphatic carbocycles. The quantitative estimate of drug-likeness (QED) is 0.555. The van der Waals surface area contributed by atoms with Crippen LogP contribution in [0.3, 0.4) is 0 Å².